The van der Waals surface area contributed by atoms with Crippen LogP contribution in [0.3, 0.4) is 0 Å². The summed E-state index contributed by atoms with van der Waals surface area (Å²) in [5, 5.41) is 16.9. The molecule has 18 heavy (non-hydrogen) atoms. The van der Waals surface area contributed by atoms with Crippen molar-refractivity contribution in [3.05, 3.63) is 35.7 Å². The van der Waals surface area contributed by atoms with E-state index in [1.807, 2.05) is 13.0 Å². The number of nitrogen functional groups attached to an aromatic ring is 1. The summed E-state index contributed by atoms with van der Waals surface area (Å²) in [6.07, 6.45) is 3.25. The maximum Gasteiger partial charge on any atom is 0.221 e. The molecule has 1 heterocycles. The van der Waals surface area contributed by atoms with Crippen molar-refractivity contribution in [2.24, 2.45) is 5.10 Å². The summed E-state index contributed by atoms with van der Waals surface area (Å²) in [6, 6.07) is 5.21. The lowest BCUT2D eigenvalue weighted by Gasteiger charge is -2.06. The van der Waals surface area contributed by atoms with Crippen LogP contribution in [0.4, 0.5) is 11.6 Å². The molecule has 6 heteroatoms. The standard InChI is InChI=1S/C12H15N5O/c1-8-7-17(12(13)16-8)15-6-9-10(14-2)4-3-5-11(9)18/h3-7,14,18H,1-2H3,(H2,13,16). The molecule has 4 N–H and O–H groups in total. The van der Waals surface area contributed by atoms with E-state index in [2.05, 4.69) is 15.4 Å². The molecule has 0 radical (unpaired) electrons. The van der Waals surface area contributed by atoms with Crippen LogP contribution in [0.1, 0.15) is 11.3 Å². The van der Waals surface area contributed by atoms with Gasteiger partial charge >= 0.3 is 0 Å². The number of nitrogens with two attached hydrogens (primary N) is 1. The maximum absolute atomic E-state index is 9.79. The Hall–Kier alpha value is -2.50. The normalized spacial score (nSPS) is 11.0. The Kier molecular flexibility index (Phi) is 3.18. The first-order valence-corrected chi connectivity index (χ1v) is 5.47. The van der Waals surface area contributed by atoms with Gasteiger partial charge in [0, 0.05) is 12.7 Å². The second-order valence-corrected chi connectivity index (χ2v) is 3.82. The molecule has 0 aliphatic heterocycles. The van der Waals surface area contributed by atoms with Gasteiger partial charge in [0.15, 0.2) is 0 Å². The van der Waals surface area contributed by atoms with E-state index in [9.17, 15) is 5.11 Å². The fourth-order valence-corrected chi connectivity index (χ4v) is 1.62. The van der Waals surface area contributed by atoms with Crippen molar-refractivity contribution in [3.8, 4) is 5.75 Å². The lowest BCUT2D eigenvalue weighted by atomic mass is 10.2. The van der Waals surface area contributed by atoms with Gasteiger partial charge in [-0.15, -0.1) is 0 Å². The summed E-state index contributed by atoms with van der Waals surface area (Å²) < 4.78 is 1.46. The molecule has 0 fully saturated rings. The number of benzene rings is 1. The first-order valence-electron chi connectivity index (χ1n) is 5.47. The average Bonchev–Trinajstić information content (AvgIpc) is 2.66. The van der Waals surface area contributed by atoms with Crippen molar-refractivity contribution in [2.45, 2.75) is 6.92 Å². The molecule has 0 saturated heterocycles. The van der Waals surface area contributed by atoms with Gasteiger partial charge in [0.1, 0.15) is 5.75 Å². The van der Waals surface area contributed by atoms with Gasteiger partial charge in [-0.25, -0.2) is 9.66 Å². The van der Waals surface area contributed by atoms with E-state index in [1.165, 1.54) is 4.68 Å². The van der Waals surface area contributed by atoms with Crippen LogP contribution < -0.4 is 11.1 Å². The summed E-state index contributed by atoms with van der Waals surface area (Å²) in [5.74, 6) is 0.464. The molecule has 6 nitrogen and oxygen atoms in total. The van der Waals surface area contributed by atoms with Crippen LogP contribution in [-0.2, 0) is 0 Å². The fourth-order valence-electron chi connectivity index (χ4n) is 1.62. The smallest absolute Gasteiger partial charge is 0.221 e. The topological polar surface area (TPSA) is 88.5 Å². The summed E-state index contributed by atoms with van der Waals surface area (Å²) in [4.78, 5) is 4.04. The van der Waals surface area contributed by atoms with Crippen LogP contribution in [0.5, 0.6) is 5.75 Å². The minimum atomic E-state index is 0.154. The Morgan fingerprint density at radius 3 is 2.89 bits per heavy atom. The molecule has 0 bridgehead atoms. The number of aromatic nitrogens is 2. The number of imidazole rings is 1. The van der Waals surface area contributed by atoms with Crippen molar-refractivity contribution < 1.29 is 5.11 Å². The summed E-state index contributed by atoms with van der Waals surface area (Å²) in [7, 11) is 1.78. The van der Waals surface area contributed by atoms with E-state index < -0.39 is 0 Å². The summed E-state index contributed by atoms with van der Waals surface area (Å²) >= 11 is 0. The molecule has 0 aliphatic carbocycles. The number of nitrogens with one attached hydrogen (secondary N) is 1. The van der Waals surface area contributed by atoms with Gasteiger partial charge in [0.05, 0.1) is 23.7 Å². The number of nitrogens with zero attached hydrogens (tertiary/aromatic N) is 3. The third-order valence-corrected chi connectivity index (χ3v) is 2.50. The zero-order valence-electron chi connectivity index (χ0n) is 10.3. The van der Waals surface area contributed by atoms with Crippen molar-refractivity contribution in [1.82, 2.24) is 9.66 Å². The Morgan fingerprint density at radius 1 is 1.50 bits per heavy atom. The number of phenols is 1. The number of aryl methyl sites for hydroxylation is 1. The molecule has 2 rings (SSSR count). The van der Waals surface area contributed by atoms with E-state index in [0.717, 1.165) is 11.4 Å². The third-order valence-electron chi connectivity index (χ3n) is 2.50. The van der Waals surface area contributed by atoms with Gasteiger partial charge in [0.25, 0.3) is 0 Å². The van der Waals surface area contributed by atoms with E-state index in [4.69, 9.17) is 5.73 Å². The average molecular weight is 245 g/mol. The number of hydrogen-bond donors (Lipinski definition) is 3. The van der Waals surface area contributed by atoms with Gasteiger partial charge in [-0.1, -0.05) is 6.07 Å². The summed E-state index contributed by atoms with van der Waals surface area (Å²) in [6.45, 7) is 1.83. The number of anilines is 2. The minimum Gasteiger partial charge on any atom is -0.507 e. The molecule has 1 aromatic heterocycles. The minimum absolute atomic E-state index is 0.154. The van der Waals surface area contributed by atoms with E-state index in [1.54, 1.807) is 31.6 Å². The van der Waals surface area contributed by atoms with Crippen molar-refractivity contribution in [3.63, 3.8) is 0 Å². The van der Waals surface area contributed by atoms with E-state index in [-0.39, 0.29) is 5.75 Å². The second-order valence-electron chi connectivity index (χ2n) is 3.82. The summed E-state index contributed by atoms with van der Waals surface area (Å²) in [5.41, 5.74) is 7.85. The molecular weight excluding hydrogens is 230 g/mol. The highest BCUT2D eigenvalue weighted by Crippen LogP contribution is 2.23. The monoisotopic (exact) mass is 245 g/mol. The number of rotatable bonds is 3. The Balaban J connectivity index is 2.37. The largest absolute Gasteiger partial charge is 0.507 e. The first-order chi connectivity index (χ1) is 8.61. The van der Waals surface area contributed by atoms with Crippen LogP contribution in [0.15, 0.2) is 29.5 Å². The Bertz CT molecular complexity index is 588. The maximum atomic E-state index is 9.79. The lowest BCUT2D eigenvalue weighted by molar-refractivity contribution is 0.474. The molecule has 0 saturated carbocycles. The van der Waals surface area contributed by atoms with Crippen LogP contribution in [0.25, 0.3) is 0 Å². The molecular formula is C12H15N5O. The number of aromatic hydroxyl groups is 1. The van der Waals surface area contributed by atoms with Gasteiger partial charge in [-0.3, -0.25) is 0 Å². The van der Waals surface area contributed by atoms with Crippen molar-refractivity contribution in [2.75, 3.05) is 18.1 Å². The van der Waals surface area contributed by atoms with Crippen LogP contribution in [0, 0.1) is 6.92 Å². The quantitative estimate of drug-likeness (QED) is 0.713. The molecule has 2 aromatic rings. The highest BCUT2D eigenvalue weighted by molar-refractivity contribution is 5.91. The first kappa shape index (κ1) is 12.0. The third kappa shape index (κ3) is 2.27. The van der Waals surface area contributed by atoms with Crippen LogP contribution in [0.2, 0.25) is 0 Å². The van der Waals surface area contributed by atoms with Crippen molar-refractivity contribution >= 4 is 17.9 Å². The zero-order valence-corrected chi connectivity index (χ0v) is 10.3. The Morgan fingerprint density at radius 2 is 2.28 bits per heavy atom. The zero-order chi connectivity index (χ0) is 13.1. The Labute approximate surface area is 105 Å². The van der Waals surface area contributed by atoms with Crippen LogP contribution >= 0.6 is 0 Å². The van der Waals surface area contributed by atoms with E-state index >= 15 is 0 Å². The number of hydrogen-bond acceptors (Lipinski definition) is 5. The van der Waals surface area contributed by atoms with Gasteiger partial charge in [-0.05, 0) is 19.1 Å². The highest BCUT2D eigenvalue weighted by Gasteiger charge is 2.04. The molecule has 0 unspecified atom stereocenters. The molecule has 94 valence electrons. The molecule has 0 atom stereocenters. The predicted molar refractivity (Wildman–Crippen MR) is 72.0 cm³/mol. The van der Waals surface area contributed by atoms with Gasteiger partial charge < -0.3 is 16.2 Å². The molecule has 0 aliphatic rings. The van der Waals surface area contributed by atoms with Crippen molar-refractivity contribution in [1.29, 1.82) is 0 Å². The second kappa shape index (κ2) is 4.79. The molecule has 1 aromatic carbocycles. The predicted octanol–water partition coefficient (Wildman–Crippen LogP) is 1.40. The van der Waals surface area contributed by atoms with Gasteiger partial charge in [0.2, 0.25) is 5.95 Å². The van der Waals surface area contributed by atoms with E-state index in [0.29, 0.717) is 11.5 Å². The van der Waals surface area contributed by atoms with Crippen LogP contribution in [-0.4, -0.2) is 28.0 Å². The SMILES string of the molecule is CNc1cccc(O)c1C=Nn1cc(C)nc1N. The number of phenolic OH excluding ortho intramolecular Hbond substituents is 1. The molecule has 0 spiro atoms. The molecule has 0 amide bonds. The fraction of sp³-hybridized carbons (Fsp3) is 0.167. The highest BCUT2D eigenvalue weighted by atomic mass is 16.3. The van der Waals surface area contributed by atoms with Gasteiger partial charge in [-0.2, -0.15) is 5.10 Å². The lowest BCUT2D eigenvalue weighted by Crippen LogP contribution is -1.99.